The normalized spacial score (nSPS) is 14.4. The predicted octanol–water partition coefficient (Wildman–Crippen LogP) is 2.05. The summed E-state index contributed by atoms with van der Waals surface area (Å²) in [6.07, 6.45) is 6.31. The van der Waals surface area contributed by atoms with E-state index in [1.807, 2.05) is 33.0 Å². The number of hydrogen-bond acceptors (Lipinski definition) is 5. The Hall–Kier alpha value is -2.44. The lowest BCUT2D eigenvalue weighted by Crippen LogP contribution is -2.37. The van der Waals surface area contributed by atoms with Gasteiger partial charge in [0.05, 0.1) is 6.54 Å². The van der Waals surface area contributed by atoms with Crippen molar-refractivity contribution in [2.75, 3.05) is 11.4 Å². The van der Waals surface area contributed by atoms with E-state index in [2.05, 4.69) is 15.0 Å². The number of carbonyl (C=O) groups is 1. The van der Waals surface area contributed by atoms with Crippen LogP contribution >= 0.6 is 0 Å². The van der Waals surface area contributed by atoms with Gasteiger partial charge in [-0.2, -0.15) is 0 Å². The number of nitrogens with zero attached hydrogens (tertiary/aromatic N) is 5. The van der Waals surface area contributed by atoms with Gasteiger partial charge in [0.15, 0.2) is 11.5 Å². The topological polar surface area (TPSA) is 73.1 Å². The molecule has 0 spiro atoms. The van der Waals surface area contributed by atoms with Crippen LogP contribution in [0.1, 0.15) is 20.8 Å². The lowest BCUT2D eigenvalue weighted by atomic mass is 10.2. The summed E-state index contributed by atoms with van der Waals surface area (Å²) in [5, 5.41) is 0. The summed E-state index contributed by atoms with van der Waals surface area (Å²) in [6.45, 7) is 5.89. The second kappa shape index (κ2) is 4.29. The number of anilines is 1. The number of carbonyl (C=O) groups excluding carboxylic acids is 1. The Balaban J connectivity index is 2.07. The lowest BCUT2D eigenvalue weighted by molar-refractivity contribution is 0.0584. The highest BCUT2D eigenvalue weighted by Crippen LogP contribution is 2.26. The highest BCUT2D eigenvalue weighted by atomic mass is 16.6. The Morgan fingerprint density at radius 2 is 2.10 bits per heavy atom. The van der Waals surface area contributed by atoms with Crippen LogP contribution in [-0.4, -0.2) is 37.8 Å². The minimum absolute atomic E-state index is 0.392. The zero-order chi connectivity index (χ0) is 14.3. The summed E-state index contributed by atoms with van der Waals surface area (Å²) >= 11 is 0. The summed E-state index contributed by atoms with van der Waals surface area (Å²) < 4.78 is 7.22. The highest BCUT2D eigenvalue weighted by molar-refractivity contribution is 5.97. The first kappa shape index (κ1) is 12.6. The Kier molecular flexibility index (Phi) is 2.70. The second-order valence-electron chi connectivity index (χ2n) is 5.50. The molecule has 3 heterocycles. The van der Waals surface area contributed by atoms with Crippen LogP contribution in [0.4, 0.5) is 10.6 Å². The van der Waals surface area contributed by atoms with Crippen LogP contribution in [0.3, 0.4) is 0 Å². The van der Waals surface area contributed by atoms with Gasteiger partial charge in [-0.05, 0) is 26.8 Å². The average molecular weight is 273 g/mol. The van der Waals surface area contributed by atoms with Crippen LogP contribution in [0.25, 0.3) is 17.4 Å². The SMILES string of the molecule is CC(C)(C)OC(=O)N1CC=Cn2cnc3ncnc1c32. The maximum atomic E-state index is 12.3. The van der Waals surface area contributed by atoms with Crippen molar-refractivity contribution in [2.24, 2.45) is 0 Å². The smallest absolute Gasteiger partial charge is 0.416 e. The van der Waals surface area contributed by atoms with Gasteiger partial charge in [-0.15, -0.1) is 0 Å². The molecule has 2 aromatic heterocycles. The van der Waals surface area contributed by atoms with Crippen molar-refractivity contribution in [3.8, 4) is 0 Å². The van der Waals surface area contributed by atoms with E-state index in [0.29, 0.717) is 23.5 Å². The minimum Gasteiger partial charge on any atom is -0.443 e. The van der Waals surface area contributed by atoms with Crippen molar-refractivity contribution < 1.29 is 9.53 Å². The standard InChI is InChI=1S/C13H15N5O2/c1-13(2,3)20-12(19)18-6-4-5-17-8-16-10-9(17)11(18)15-7-14-10/h4-5,7-8H,6H2,1-3H3. The molecule has 0 aliphatic carbocycles. The molecule has 0 aromatic carbocycles. The van der Waals surface area contributed by atoms with Gasteiger partial charge in [-0.25, -0.2) is 19.7 Å². The fourth-order valence-electron chi connectivity index (χ4n) is 2.00. The molecule has 0 bridgehead atoms. The van der Waals surface area contributed by atoms with Crippen molar-refractivity contribution in [1.29, 1.82) is 0 Å². The van der Waals surface area contributed by atoms with Crippen LogP contribution in [0, 0.1) is 0 Å². The fourth-order valence-corrected chi connectivity index (χ4v) is 2.00. The van der Waals surface area contributed by atoms with Crippen LogP contribution < -0.4 is 4.90 Å². The van der Waals surface area contributed by atoms with Gasteiger partial charge < -0.3 is 9.30 Å². The minimum atomic E-state index is -0.556. The largest absolute Gasteiger partial charge is 0.443 e. The van der Waals surface area contributed by atoms with Gasteiger partial charge in [0.25, 0.3) is 0 Å². The highest BCUT2D eigenvalue weighted by Gasteiger charge is 2.27. The molecule has 0 N–H and O–H groups in total. The summed E-state index contributed by atoms with van der Waals surface area (Å²) in [4.78, 5) is 26.3. The monoisotopic (exact) mass is 273 g/mol. The Labute approximate surface area is 115 Å². The average Bonchev–Trinajstić information content (AvgIpc) is 2.65. The molecule has 0 unspecified atom stereocenters. The van der Waals surface area contributed by atoms with Gasteiger partial charge in [-0.3, -0.25) is 4.90 Å². The molecular formula is C13H15N5O2. The molecule has 0 atom stereocenters. The van der Waals surface area contributed by atoms with Crippen LogP contribution in [0.5, 0.6) is 0 Å². The van der Waals surface area contributed by atoms with Gasteiger partial charge in [-0.1, -0.05) is 0 Å². The summed E-state index contributed by atoms with van der Waals surface area (Å²) in [5.41, 5.74) is 0.696. The molecule has 2 aromatic rings. The Morgan fingerprint density at radius 1 is 1.30 bits per heavy atom. The summed E-state index contributed by atoms with van der Waals surface area (Å²) in [7, 11) is 0. The molecular weight excluding hydrogens is 258 g/mol. The first-order valence-electron chi connectivity index (χ1n) is 6.30. The predicted molar refractivity (Wildman–Crippen MR) is 74.2 cm³/mol. The molecule has 0 radical (unpaired) electrons. The zero-order valence-electron chi connectivity index (χ0n) is 11.6. The van der Waals surface area contributed by atoms with Crippen molar-refractivity contribution in [3.05, 3.63) is 18.7 Å². The third-order valence-electron chi connectivity index (χ3n) is 2.77. The number of hydrogen-bond donors (Lipinski definition) is 0. The molecule has 104 valence electrons. The van der Waals surface area contributed by atoms with Crippen molar-refractivity contribution in [2.45, 2.75) is 26.4 Å². The van der Waals surface area contributed by atoms with Crippen molar-refractivity contribution >= 4 is 29.3 Å². The maximum Gasteiger partial charge on any atom is 0.416 e. The molecule has 0 saturated heterocycles. The third-order valence-corrected chi connectivity index (χ3v) is 2.77. The molecule has 1 aliphatic rings. The summed E-state index contributed by atoms with van der Waals surface area (Å²) in [5.74, 6) is 0.506. The number of amides is 1. The first-order valence-corrected chi connectivity index (χ1v) is 6.30. The Bertz CT molecular complexity index is 698. The van der Waals surface area contributed by atoms with E-state index < -0.39 is 11.7 Å². The van der Waals surface area contributed by atoms with E-state index in [-0.39, 0.29) is 0 Å². The summed E-state index contributed by atoms with van der Waals surface area (Å²) in [6, 6.07) is 0. The van der Waals surface area contributed by atoms with E-state index in [1.165, 1.54) is 11.2 Å². The lowest BCUT2D eigenvalue weighted by Gasteiger charge is -2.25. The second-order valence-corrected chi connectivity index (χ2v) is 5.50. The molecule has 7 nitrogen and oxygen atoms in total. The van der Waals surface area contributed by atoms with E-state index in [4.69, 9.17) is 4.74 Å². The van der Waals surface area contributed by atoms with E-state index >= 15 is 0 Å². The van der Waals surface area contributed by atoms with Crippen molar-refractivity contribution in [1.82, 2.24) is 19.5 Å². The van der Waals surface area contributed by atoms with Gasteiger partial charge in [0, 0.05) is 6.20 Å². The van der Waals surface area contributed by atoms with Crippen LogP contribution in [0.2, 0.25) is 0 Å². The molecule has 20 heavy (non-hydrogen) atoms. The van der Waals surface area contributed by atoms with Crippen LogP contribution in [-0.2, 0) is 4.74 Å². The van der Waals surface area contributed by atoms with Crippen molar-refractivity contribution in [3.63, 3.8) is 0 Å². The van der Waals surface area contributed by atoms with Crippen LogP contribution in [0.15, 0.2) is 18.7 Å². The fraction of sp³-hybridized carbons (Fsp3) is 0.385. The van der Waals surface area contributed by atoms with Gasteiger partial charge in [0.1, 0.15) is 23.8 Å². The van der Waals surface area contributed by atoms with Gasteiger partial charge in [0.2, 0.25) is 0 Å². The molecule has 0 saturated carbocycles. The quantitative estimate of drug-likeness (QED) is 0.734. The van der Waals surface area contributed by atoms with E-state index in [9.17, 15) is 4.79 Å². The van der Waals surface area contributed by atoms with E-state index in [1.54, 1.807) is 10.9 Å². The first-order chi connectivity index (χ1) is 9.46. The third kappa shape index (κ3) is 2.11. The number of rotatable bonds is 0. The molecule has 1 amide bonds. The molecule has 0 fully saturated rings. The molecule has 1 aliphatic heterocycles. The maximum absolute atomic E-state index is 12.3. The molecule has 7 heteroatoms. The number of ether oxygens (including phenoxy) is 1. The van der Waals surface area contributed by atoms with Gasteiger partial charge >= 0.3 is 6.09 Å². The molecule has 3 rings (SSSR count). The Morgan fingerprint density at radius 3 is 2.85 bits per heavy atom. The van der Waals surface area contributed by atoms with E-state index in [0.717, 1.165) is 0 Å². The zero-order valence-corrected chi connectivity index (χ0v) is 11.6. The number of imidazole rings is 1. The number of aromatic nitrogens is 4.